The first-order valence-electron chi connectivity index (χ1n) is 11.0. The van der Waals surface area contributed by atoms with Crippen LogP contribution in [0.3, 0.4) is 0 Å². The van der Waals surface area contributed by atoms with Gasteiger partial charge in [0.15, 0.2) is 0 Å². The molecule has 3 aromatic heterocycles. The first kappa shape index (κ1) is 22.1. The van der Waals surface area contributed by atoms with E-state index in [9.17, 15) is 4.79 Å². The molecule has 0 bridgehead atoms. The summed E-state index contributed by atoms with van der Waals surface area (Å²) >= 11 is 5.80. The lowest BCUT2D eigenvalue weighted by Crippen LogP contribution is -2.29. The number of halogens is 1. The Bertz CT molecular complexity index is 1370. The Balaban J connectivity index is 1.56. The van der Waals surface area contributed by atoms with E-state index in [0.29, 0.717) is 30.7 Å². The van der Waals surface area contributed by atoms with E-state index in [4.69, 9.17) is 22.1 Å². The Morgan fingerprint density at radius 2 is 2.00 bits per heavy atom. The first-order valence-corrected chi connectivity index (χ1v) is 11.5. The number of fused-ring (bicyclic) bond motifs is 1. The van der Waals surface area contributed by atoms with Gasteiger partial charge in [0.25, 0.3) is 0 Å². The molecule has 0 unspecified atom stereocenters. The van der Waals surface area contributed by atoms with E-state index in [2.05, 4.69) is 24.5 Å². The van der Waals surface area contributed by atoms with Crippen LogP contribution in [0.15, 0.2) is 42.9 Å². The first-order chi connectivity index (χ1) is 16.5. The molecule has 1 atom stereocenters. The summed E-state index contributed by atoms with van der Waals surface area (Å²) in [4.78, 5) is 31.2. The number of ether oxygens (including phenoxy) is 1. The Morgan fingerprint density at radius 1 is 1.21 bits per heavy atom. The van der Waals surface area contributed by atoms with Gasteiger partial charge in [0, 0.05) is 49.2 Å². The number of alkyl halides is 1. The second-order valence-corrected chi connectivity index (χ2v) is 8.61. The van der Waals surface area contributed by atoms with E-state index >= 15 is 0 Å². The summed E-state index contributed by atoms with van der Waals surface area (Å²) in [6.45, 7) is 3.15. The molecule has 2 N–H and O–H groups in total. The van der Waals surface area contributed by atoms with Crippen LogP contribution >= 0.6 is 11.6 Å². The number of likely N-dealkylation sites (tertiary alicyclic amines) is 1. The van der Waals surface area contributed by atoms with Crippen LogP contribution in [0.2, 0.25) is 0 Å². The number of carbonyl (C=O) groups excluding carboxylic acids is 1. The molecule has 1 fully saturated rings. The van der Waals surface area contributed by atoms with Crippen LogP contribution in [-0.4, -0.2) is 54.3 Å². The maximum absolute atomic E-state index is 12.2. The second kappa shape index (κ2) is 8.90. The van der Waals surface area contributed by atoms with Gasteiger partial charge in [0.1, 0.15) is 29.4 Å². The van der Waals surface area contributed by atoms with E-state index < -0.39 is 0 Å². The van der Waals surface area contributed by atoms with E-state index in [1.54, 1.807) is 6.20 Å². The third kappa shape index (κ3) is 3.92. The van der Waals surface area contributed by atoms with Crippen molar-refractivity contribution in [3.05, 3.63) is 54.2 Å². The van der Waals surface area contributed by atoms with E-state index in [1.807, 2.05) is 49.2 Å². The number of anilines is 1. The van der Waals surface area contributed by atoms with Crippen LogP contribution in [0, 0.1) is 6.92 Å². The Labute approximate surface area is 201 Å². The van der Waals surface area contributed by atoms with Gasteiger partial charge in [0.05, 0.1) is 5.39 Å². The lowest BCUT2D eigenvalue weighted by Gasteiger charge is -2.17. The molecule has 9 nitrogen and oxygen atoms in total. The minimum Gasteiger partial charge on any atom is -0.424 e. The van der Waals surface area contributed by atoms with E-state index in [1.165, 1.54) is 6.33 Å². The summed E-state index contributed by atoms with van der Waals surface area (Å²) in [5.41, 5.74) is 10.9. The number of nitrogens with two attached hydrogens (primary N) is 1. The Hall–Kier alpha value is -3.72. The van der Waals surface area contributed by atoms with Gasteiger partial charge in [0.2, 0.25) is 5.91 Å². The number of aryl methyl sites for hydroxylation is 2. The topological polar surface area (TPSA) is 112 Å². The fourth-order valence-electron chi connectivity index (χ4n) is 4.63. The van der Waals surface area contributed by atoms with Crippen molar-refractivity contribution in [2.75, 3.05) is 24.7 Å². The zero-order chi connectivity index (χ0) is 23.8. The molecule has 1 aliphatic rings. The molecule has 1 aliphatic heterocycles. The summed E-state index contributed by atoms with van der Waals surface area (Å²) in [5, 5.41) is 0.804. The zero-order valence-electron chi connectivity index (χ0n) is 18.9. The number of nitrogen functional groups attached to an aromatic ring is 1. The quantitative estimate of drug-likeness (QED) is 0.436. The molecule has 1 aromatic carbocycles. The minimum atomic E-state index is -0.0522. The number of carbonyl (C=O) groups is 1. The average molecular weight is 478 g/mol. The molecule has 5 rings (SSSR count). The number of nitrogens with zero attached hydrogens (tertiary/aromatic N) is 6. The van der Waals surface area contributed by atoms with Crippen LogP contribution in [0.4, 0.5) is 5.82 Å². The standard InChI is InChI=1S/C24H24ClN7O2/c1-14-7-9-27-24(30-14)34-17-5-3-15(4-6-17)19-20-22(26)28-13-29-23(20)31(2)21(19)16-8-10-32(12-16)18(33)11-25/h3-7,9,13,16H,8,10-12H2,1-2H3,(H2,26,28,29)/t16-/m0/s1. The highest BCUT2D eigenvalue weighted by Gasteiger charge is 2.33. The molecule has 0 aliphatic carbocycles. The van der Waals surface area contributed by atoms with Crippen molar-refractivity contribution in [1.82, 2.24) is 29.4 Å². The fourth-order valence-corrected chi connectivity index (χ4v) is 4.80. The number of hydrogen-bond donors (Lipinski definition) is 1. The molecule has 4 aromatic rings. The minimum absolute atomic E-state index is 0.0147. The van der Waals surface area contributed by atoms with Crippen molar-refractivity contribution in [2.24, 2.45) is 7.05 Å². The van der Waals surface area contributed by atoms with Gasteiger partial charge in [-0.05, 0) is 37.1 Å². The molecule has 1 amide bonds. The van der Waals surface area contributed by atoms with Gasteiger partial charge in [-0.3, -0.25) is 4.79 Å². The van der Waals surface area contributed by atoms with Crippen LogP contribution in [0.25, 0.3) is 22.2 Å². The third-order valence-electron chi connectivity index (χ3n) is 6.21. The lowest BCUT2D eigenvalue weighted by molar-refractivity contribution is -0.127. The van der Waals surface area contributed by atoms with Gasteiger partial charge in [-0.2, -0.15) is 0 Å². The number of aromatic nitrogens is 5. The Morgan fingerprint density at radius 3 is 2.74 bits per heavy atom. The molecule has 4 heterocycles. The predicted octanol–water partition coefficient (Wildman–Crippen LogP) is 3.66. The normalized spacial score (nSPS) is 15.7. The number of amides is 1. The van der Waals surface area contributed by atoms with Crippen molar-refractivity contribution in [2.45, 2.75) is 19.3 Å². The van der Waals surface area contributed by atoms with Gasteiger partial charge < -0.3 is 19.9 Å². The summed E-state index contributed by atoms with van der Waals surface area (Å²) in [6.07, 6.45) is 3.97. The second-order valence-electron chi connectivity index (χ2n) is 8.34. The van der Waals surface area contributed by atoms with Crippen molar-refractivity contribution in [3.8, 4) is 22.9 Å². The smallest absolute Gasteiger partial charge is 0.322 e. The van der Waals surface area contributed by atoms with Crippen LogP contribution < -0.4 is 10.5 Å². The van der Waals surface area contributed by atoms with Crippen LogP contribution in [0.5, 0.6) is 11.8 Å². The molecule has 0 saturated carbocycles. The molecule has 1 saturated heterocycles. The van der Waals surface area contributed by atoms with Crippen molar-refractivity contribution < 1.29 is 9.53 Å². The highest BCUT2D eigenvalue weighted by atomic mass is 35.5. The third-order valence-corrected chi connectivity index (χ3v) is 6.44. The summed E-state index contributed by atoms with van der Waals surface area (Å²) in [6, 6.07) is 9.82. The molecule has 0 radical (unpaired) electrons. The fraction of sp³-hybridized carbons (Fsp3) is 0.292. The average Bonchev–Trinajstić information content (AvgIpc) is 3.43. The highest BCUT2D eigenvalue weighted by Crippen LogP contribution is 2.42. The maximum Gasteiger partial charge on any atom is 0.322 e. The molecule has 10 heteroatoms. The molecule has 174 valence electrons. The molecule has 34 heavy (non-hydrogen) atoms. The van der Waals surface area contributed by atoms with Gasteiger partial charge in [-0.15, -0.1) is 11.6 Å². The number of hydrogen-bond acceptors (Lipinski definition) is 7. The SMILES string of the molecule is Cc1ccnc(Oc2ccc(-c3c([C@H]4CCN(C(=O)CCl)C4)n(C)c4ncnc(N)c34)cc2)n1. The van der Waals surface area contributed by atoms with Crippen LogP contribution in [-0.2, 0) is 11.8 Å². The summed E-state index contributed by atoms with van der Waals surface area (Å²) in [5.74, 6) is 1.10. The number of benzene rings is 1. The largest absolute Gasteiger partial charge is 0.424 e. The Kier molecular flexibility index (Phi) is 5.79. The highest BCUT2D eigenvalue weighted by molar-refractivity contribution is 6.27. The molecular formula is C24H24ClN7O2. The monoisotopic (exact) mass is 477 g/mol. The van der Waals surface area contributed by atoms with Crippen molar-refractivity contribution in [1.29, 1.82) is 0 Å². The van der Waals surface area contributed by atoms with Crippen molar-refractivity contribution >= 4 is 34.4 Å². The molecular weight excluding hydrogens is 454 g/mol. The zero-order valence-corrected chi connectivity index (χ0v) is 19.7. The lowest BCUT2D eigenvalue weighted by atomic mass is 9.94. The van der Waals surface area contributed by atoms with Crippen molar-refractivity contribution in [3.63, 3.8) is 0 Å². The van der Waals surface area contributed by atoms with Crippen LogP contribution in [0.1, 0.15) is 23.7 Å². The van der Waals surface area contributed by atoms with E-state index in [0.717, 1.165) is 40.0 Å². The predicted molar refractivity (Wildman–Crippen MR) is 130 cm³/mol. The summed E-state index contributed by atoms with van der Waals surface area (Å²) < 4.78 is 7.88. The maximum atomic E-state index is 12.2. The number of rotatable bonds is 5. The molecule has 0 spiro atoms. The van der Waals surface area contributed by atoms with Gasteiger partial charge in [-0.25, -0.2) is 19.9 Å². The van der Waals surface area contributed by atoms with Gasteiger partial charge in [-0.1, -0.05) is 12.1 Å². The van der Waals surface area contributed by atoms with E-state index in [-0.39, 0.29) is 17.7 Å². The van der Waals surface area contributed by atoms with Gasteiger partial charge >= 0.3 is 6.01 Å². The summed E-state index contributed by atoms with van der Waals surface area (Å²) in [7, 11) is 1.98.